The van der Waals surface area contributed by atoms with E-state index in [1.165, 1.54) is 18.5 Å². The molecule has 0 atom stereocenters. The topological polar surface area (TPSA) is 27.8 Å². The largest absolute Gasteiger partial charge is 0.364 e. The summed E-state index contributed by atoms with van der Waals surface area (Å²) in [6.45, 7) is 6.62. The second-order valence-corrected chi connectivity index (χ2v) is 3.91. The van der Waals surface area contributed by atoms with Gasteiger partial charge in [0.15, 0.2) is 0 Å². The minimum atomic E-state index is 0.826. The first kappa shape index (κ1) is 10.3. The number of aromatic nitrogens is 1. The fourth-order valence-corrected chi connectivity index (χ4v) is 1.34. The Hall–Kier alpha value is -0.760. The van der Waals surface area contributed by atoms with Crippen LogP contribution in [0.25, 0.3) is 0 Å². The van der Waals surface area contributed by atoms with E-state index in [1.807, 2.05) is 12.3 Å². The Morgan fingerprint density at radius 3 is 2.92 bits per heavy atom. The van der Waals surface area contributed by atoms with Crippen LogP contribution in [0.2, 0.25) is 0 Å². The third kappa shape index (κ3) is 4.73. The van der Waals surface area contributed by atoms with Crippen LogP contribution in [0.4, 0.5) is 0 Å². The highest BCUT2D eigenvalue weighted by Gasteiger charge is 1.94. The maximum Gasteiger partial charge on any atom is 0.0357 e. The summed E-state index contributed by atoms with van der Waals surface area (Å²) in [4.78, 5) is 3.17. The maximum absolute atomic E-state index is 3.41. The van der Waals surface area contributed by atoms with Crippen LogP contribution in [0.3, 0.4) is 0 Å². The van der Waals surface area contributed by atoms with Crippen molar-refractivity contribution in [2.75, 3.05) is 6.54 Å². The van der Waals surface area contributed by atoms with E-state index in [1.54, 1.807) is 0 Å². The first-order valence-corrected chi connectivity index (χ1v) is 5.12. The van der Waals surface area contributed by atoms with Gasteiger partial charge in [0.25, 0.3) is 0 Å². The lowest BCUT2D eigenvalue weighted by Gasteiger charge is -2.05. The van der Waals surface area contributed by atoms with Crippen LogP contribution >= 0.6 is 0 Å². The number of H-pyrrole nitrogens is 1. The molecular weight excluding hydrogens is 160 g/mol. The van der Waals surface area contributed by atoms with Crippen molar-refractivity contribution in [2.45, 2.75) is 33.2 Å². The number of hydrogen-bond acceptors (Lipinski definition) is 1. The lowest BCUT2D eigenvalue weighted by atomic mass is 10.1. The van der Waals surface area contributed by atoms with Gasteiger partial charge in [0.2, 0.25) is 0 Å². The van der Waals surface area contributed by atoms with Crippen LogP contribution in [0.15, 0.2) is 18.3 Å². The molecule has 0 aliphatic carbocycles. The molecule has 13 heavy (non-hydrogen) atoms. The maximum atomic E-state index is 3.41. The molecule has 0 aliphatic heterocycles. The first-order valence-electron chi connectivity index (χ1n) is 5.12. The molecule has 2 heteroatoms. The van der Waals surface area contributed by atoms with E-state index in [9.17, 15) is 0 Å². The molecule has 0 saturated carbocycles. The fourth-order valence-electron chi connectivity index (χ4n) is 1.34. The molecule has 1 rings (SSSR count). The third-order valence-electron chi connectivity index (χ3n) is 2.11. The van der Waals surface area contributed by atoms with Gasteiger partial charge in [-0.3, -0.25) is 0 Å². The SMILES string of the molecule is CC(C)CCCNCc1ccc[nH]1. The zero-order valence-electron chi connectivity index (χ0n) is 8.64. The van der Waals surface area contributed by atoms with Gasteiger partial charge in [-0.25, -0.2) is 0 Å². The lowest BCUT2D eigenvalue weighted by molar-refractivity contribution is 0.526. The zero-order chi connectivity index (χ0) is 9.52. The molecule has 0 radical (unpaired) electrons. The van der Waals surface area contributed by atoms with Gasteiger partial charge in [-0.2, -0.15) is 0 Å². The van der Waals surface area contributed by atoms with Crippen molar-refractivity contribution >= 4 is 0 Å². The molecule has 74 valence electrons. The average Bonchev–Trinajstić information content (AvgIpc) is 2.55. The van der Waals surface area contributed by atoms with E-state index < -0.39 is 0 Å². The molecule has 2 nitrogen and oxygen atoms in total. The van der Waals surface area contributed by atoms with Crippen molar-refractivity contribution in [2.24, 2.45) is 5.92 Å². The number of nitrogens with one attached hydrogen (secondary N) is 2. The Kier molecular flexibility index (Phi) is 4.61. The van der Waals surface area contributed by atoms with E-state index in [0.717, 1.165) is 19.0 Å². The predicted molar refractivity (Wildman–Crippen MR) is 56.6 cm³/mol. The van der Waals surface area contributed by atoms with Crippen molar-refractivity contribution in [1.29, 1.82) is 0 Å². The molecule has 0 unspecified atom stereocenters. The fraction of sp³-hybridized carbons (Fsp3) is 0.636. The Bertz CT molecular complexity index is 202. The normalized spacial score (nSPS) is 11.0. The van der Waals surface area contributed by atoms with Crippen molar-refractivity contribution in [3.63, 3.8) is 0 Å². The summed E-state index contributed by atoms with van der Waals surface area (Å²) in [7, 11) is 0. The Morgan fingerprint density at radius 1 is 1.46 bits per heavy atom. The highest BCUT2D eigenvalue weighted by Crippen LogP contribution is 2.02. The van der Waals surface area contributed by atoms with Crippen molar-refractivity contribution < 1.29 is 0 Å². The predicted octanol–water partition coefficient (Wildman–Crippen LogP) is 2.54. The third-order valence-corrected chi connectivity index (χ3v) is 2.11. The van der Waals surface area contributed by atoms with E-state index in [0.29, 0.717) is 0 Å². The molecule has 1 aromatic rings. The summed E-state index contributed by atoms with van der Waals surface area (Å²) in [5, 5.41) is 3.41. The first-order chi connectivity index (χ1) is 6.29. The summed E-state index contributed by atoms with van der Waals surface area (Å²) in [5.74, 6) is 0.826. The van der Waals surface area contributed by atoms with Gasteiger partial charge in [-0.1, -0.05) is 13.8 Å². The molecule has 0 bridgehead atoms. The molecule has 0 aliphatic rings. The molecule has 0 aromatic carbocycles. The van der Waals surface area contributed by atoms with Crippen molar-refractivity contribution in [3.05, 3.63) is 24.0 Å². The van der Waals surface area contributed by atoms with Gasteiger partial charge in [-0.15, -0.1) is 0 Å². The summed E-state index contributed by atoms with van der Waals surface area (Å²) in [6.07, 6.45) is 4.56. The van der Waals surface area contributed by atoms with Gasteiger partial charge in [-0.05, 0) is 37.4 Å². The number of aromatic amines is 1. The van der Waals surface area contributed by atoms with Gasteiger partial charge in [0.05, 0.1) is 0 Å². The zero-order valence-corrected chi connectivity index (χ0v) is 8.64. The molecule has 1 aromatic heterocycles. The molecule has 0 amide bonds. The minimum Gasteiger partial charge on any atom is -0.364 e. The van der Waals surface area contributed by atoms with E-state index in [2.05, 4.69) is 30.2 Å². The van der Waals surface area contributed by atoms with Gasteiger partial charge in [0.1, 0.15) is 0 Å². The summed E-state index contributed by atoms with van der Waals surface area (Å²) < 4.78 is 0. The molecule has 0 fully saturated rings. The lowest BCUT2D eigenvalue weighted by Crippen LogP contribution is -2.15. The molecule has 0 spiro atoms. The molecule has 2 N–H and O–H groups in total. The van der Waals surface area contributed by atoms with Gasteiger partial charge < -0.3 is 10.3 Å². The molecular formula is C11H20N2. The van der Waals surface area contributed by atoms with Gasteiger partial charge >= 0.3 is 0 Å². The number of rotatable bonds is 6. The van der Waals surface area contributed by atoms with Crippen LogP contribution in [-0.2, 0) is 6.54 Å². The summed E-state index contributed by atoms with van der Waals surface area (Å²) >= 11 is 0. The molecule has 0 saturated heterocycles. The van der Waals surface area contributed by atoms with Crippen molar-refractivity contribution in [3.8, 4) is 0 Å². The quantitative estimate of drug-likeness (QED) is 0.647. The average molecular weight is 180 g/mol. The minimum absolute atomic E-state index is 0.826. The highest BCUT2D eigenvalue weighted by molar-refractivity contribution is 5.02. The van der Waals surface area contributed by atoms with E-state index >= 15 is 0 Å². The van der Waals surface area contributed by atoms with Gasteiger partial charge in [0, 0.05) is 18.4 Å². The standard InChI is InChI=1S/C11H20N2/c1-10(2)5-3-7-12-9-11-6-4-8-13-11/h4,6,8,10,12-13H,3,5,7,9H2,1-2H3. The van der Waals surface area contributed by atoms with Crippen LogP contribution in [0.5, 0.6) is 0 Å². The van der Waals surface area contributed by atoms with E-state index in [-0.39, 0.29) is 0 Å². The van der Waals surface area contributed by atoms with E-state index in [4.69, 9.17) is 0 Å². The molecule has 1 heterocycles. The Morgan fingerprint density at radius 2 is 2.31 bits per heavy atom. The van der Waals surface area contributed by atoms with Crippen LogP contribution in [-0.4, -0.2) is 11.5 Å². The van der Waals surface area contributed by atoms with Crippen LogP contribution in [0, 0.1) is 5.92 Å². The summed E-state index contributed by atoms with van der Waals surface area (Å²) in [5.41, 5.74) is 1.27. The van der Waals surface area contributed by atoms with Crippen LogP contribution in [0.1, 0.15) is 32.4 Å². The monoisotopic (exact) mass is 180 g/mol. The Labute approximate surface area is 80.7 Å². The number of hydrogen-bond donors (Lipinski definition) is 2. The summed E-state index contributed by atoms with van der Waals surface area (Å²) in [6, 6.07) is 4.14. The highest BCUT2D eigenvalue weighted by atomic mass is 14.9. The second kappa shape index (κ2) is 5.81. The second-order valence-electron chi connectivity index (χ2n) is 3.91. The smallest absolute Gasteiger partial charge is 0.0357 e. The Balaban J connectivity index is 1.96. The van der Waals surface area contributed by atoms with Crippen molar-refractivity contribution in [1.82, 2.24) is 10.3 Å². The van der Waals surface area contributed by atoms with Crippen LogP contribution < -0.4 is 5.32 Å².